The monoisotopic (exact) mass is 284 g/mol. The average molecular weight is 284 g/mol. The average Bonchev–Trinajstić information content (AvgIpc) is 2.97. The quantitative estimate of drug-likeness (QED) is 0.908. The lowest BCUT2D eigenvalue weighted by Crippen LogP contribution is -2.30. The van der Waals surface area contributed by atoms with Crippen LogP contribution in [0, 0.1) is 11.8 Å². The molecule has 2 atom stereocenters. The molecule has 0 aliphatic heterocycles. The molecule has 2 N–H and O–H groups in total. The summed E-state index contributed by atoms with van der Waals surface area (Å²) in [5.74, 6) is -2.13. The maximum Gasteiger partial charge on any atom is 0.307 e. The second-order valence-corrected chi connectivity index (χ2v) is 5.39. The second-order valence-electron chi connectivity index (χ2n) is 5.39. The first-order valence-electron chi connectivity index (χ1n) is 7.03. The highest BCUT2D eigenvalue weighted by atomic mass is 16.4. The van der Waals surface area contributed by atoms with Gasteiger partial charge in [-0.2, -0.15) is 0 Å². The van der Waals surface area contributed by atoms with E-state index in [1.54, 1.807) is 6.20 Å². The molecular formula is C16H16N2O3. The molecule has 5 nitrogen and oxygen atoms in total. The van der Waals surface area contributed by atoms with Crippen molar-refractivity contribution in [3.8, 4) is 0 Å². The summed E-state index contributed by atoms with van der Waals surface area (Å²) in [6.45, 7) is 0. The molecule has 1 heterocycles. The maximum absolute atomic E-state index is 12.3. The highest BCUT2D eigenvalue weighted by molar-refractivity contribution is 5.96. The van der Waals surface area contributed by atoms with Crippen molar-refractivity contribution >= 4 is 28.5 Å². The fraction of sp³-hybridized carbons (Fsp3) is 0.312. The number of fused-ring (bicyclic) bond motifs is 1. The molecule has 1 saturated carbocycles. The highest BCUT2D eigenvalue weighted by Crippen LogP contribution is 2.33. The van der Waals surface area contributed by atoms with Gasteiger partial charge < -0.3 is 10.4 Å². The lowest BCUT2D eigenvalue weighted by molar-refractivity contribution is -0.145. The Morgan fingerprint density at radius 1 is 1.19 bits per heavy atom. The number of carboxylic acids is 1. The topological polar surface area (TPSA) is 79.3 Å². The number of hydrogen-bond donors (Lipinski definition) is 2. The van der Waals surface area contributed by atoms with Crippen LogP contribution < -0.4 is 5.32 Å². The summed E-state index contributed by atoms with van der Waals surface area (Å²) in [7, 11) is 0. The Balaban J connectivity index is 1.78. The van der Waals surface area contributed by atoms with Crippen LogP contribution in [0.1, 0.15) is 19.3 Å². The lowest BCUT2D eigenvalue weighted by Gasteiger charge is -2.15. The number of pyridine rings is 1. The summed E-state index contributed by atoms with van der Waals surface area (Å²) in [6.07, 6.45) is 3.59. The molecule has 0 spiro atoms. The van der Waals surface area contributed by atoms with Crippen LogP contribution in [0.4, 0.5) is 5.69 Å². The zero-order chi connectivity index (χ0) is 14.8. The molecule has 1 fully saturated rings. The van der Waals surface area contributed by atoms with Gasteiger partial charge in [-0.05, 0) is 25.0 Å². The minimum Gasteiger partial charge on any atom is -0.481 e. The van der Waals surface area contributed by atoms with Crippen LogP contribution in [0.3, 0.4) is 0 Å². The Morgan fingerprint density at radius 3 is 2.76 bits per heavy atom. The predicted octanol–water partition coefficient (Wildman–Crippen LogP) is 2.67. The summed E-state index contributed by atoms with van der Waals surface area (Å²) in [5, 5.41) is 12.9. The fourth-order valence-corrected chi connectivity index (χ4v) is 2.94. The molecule has 0 unspecified atom stereocenters. The number of carbonyl (C=O) groups excluding carboxylic acids is 1. The van der Waals surface area contributed by atoms with Crippen LogP contribution in [-0.4, -0.2) is 22.0 Å². The molecule has 0 bridgehead atoms. The number of carbonyl (C=O) groups is 2. The van der Waals surface area contributed by atoms with Crippen LogP contribution in [0.25, 0.3) is 10.9 Å². The fourth-order valence-electron chi connectivity index (χ4n) is 2.94. The Hall–Kier alpha value is -2.43. The van der Waals surface area contributed by atoms with Crippen molar-refractivity contribution < 1.29 is 14.7 Å². The van der Waals surface area contributed by atoms with Gasteiger partial charge in [0, 0.05) is 5.39 Å². The number of anilines is 1. The molecule has 0 saturated heterocycles. The number of amides is 1. The van der Waals surface area contributed by atoms with Crippen LogP contribution >= 0.6 is 0 Å². The minimum atomic E-state index is -0.885. The molecule has 3 rings (SSSR count). The Morgan fingerprint density at radius 2 is 1.95 bits per heavy atom. The van der Waals surface area contributed by atoms with Crippen molar-refractivity contribution in [1.29, 1.82) is 0 Å². The van der Waals surface area contributed by atoms with E-state index in [1.807, 2.05) is 30.3 Å². The molecule has 2 aromatic rings. The number of benzene rings is 1. The molecule has 21 heavy (non-hydrogen) atoms. The molecule has 108 valence electrons. The third-order valence-corrected chi connectivity index (χ3v) is 4.03. The normalized spacial score (nSPS) is 21.3. The zero-order valence-electron chi connectivity index (χ0n) is 11.5. The number of carboxylic acid groups (broad SMARTS) is 1. The van der Waals surface area contributed by atoms with Gasteiger partial charge in [-0.3, -0.25) is 14.6 Å². The molecular weight excluding hydrogens is 268 g/mol. The molecule has 1 amide bonds. The largest absolute Gasteiger partial charge is 0.481 e. The number of hydrogen-bond acceptors (Lipinski definition) is 3. The molecule has 1 aromatic carbocycles. The van der Waals surface area contributed by atoms with Gasteiger partial charge in [0.15, 0.2) is 0 Å². The van der Waals surface area contributed by atoms with Gasteiger partial charge in [-0.1, -0.05) is 24.6 Å². The Kier molecular flexibility index (Phi) is 3.56. The van der Waals surface area contributed by atoms with E-state index in [9.17, 15) is 9.59 Å². The van der Waals surface area contributed by atoms with Gasteiger partial charge in [0.2, 0.25) is 5.91 Å². The maximum atomic E-state index is 12.3. The molecule has 1 aliphatic rings. The van der Waals surface area contributed by atoms with E-state index in [4.69, 9.17) is 5.11 Å². The van der Waals surface area contributed by atoms with Crippen LogP contribution in [0.15, 0.2) is 36.5 Å². The standard InChI is InChI=1S/C16H16N2O3/c19-15(12-5-3-6-13(12)16(20)21)18-11-8-10-4-1-2-7-14(10)17-9-11/h1-2,4,7-9,12-13H,3,5-6H2,(H,18,19)(H,20,21)/t12-,13+/m1/s1. The van der Waals surface area contributed by atoms with E-state index in [0.29, 0.717) is 18.5 Å². The first-order valence-corrected chi connectivity index (χ1v) is 7.03. The first kappa shape index (κ1) is 13.5. The summed E-state index contributed by atoms with van der Waals surface area (Å²) >= 11 is 0. The number of nitrogens with zero attached hydrogens (tertiary/aromatic N) is 1. The predicted molar refractivity (Wildman–Crippen MR) is 78.8 cm³/mol. The molecule has 0 radical (unpaired) electrons. The van der Waals surface area contributed by atoms with Crippen LogP contribution in [-0.2, 0) is 9.59 Å². The summed E-state index contributed by atoms with van der Waals surface area (Å²) in [5.41, 5.74) is 1.47. The summed E-state index contributed by atoms with van der Waals surface area (Å²) in [6, 6.07) is 9.49. The van der Waals surface area contributed by atoms with E-state index in [-0.39, 0.29) is 5.91 Å². The van der Waals surface area contributed by atoms with Gasteiger partial charge in [0.25, 0.3) is 0 Å². The lowest BCUT2D eigenvalue weighted by atomic mass is 9.95. The van der Waals surface area contributed by atoms with Gasteiger partial charge in [0.05, 0.1) is 29.2 Å². The summed E-state index contributed by atoms with van der Waals surface area (Å²) in [4.78, 5) is 27.7. The Bertz CT molecular complexity index is 699. The van der Waals surface area contributed by atoms with Crippen LogP contribution in [0.2, 0.25) is 0 Å². The van der Waals surface area contributed by atoms with Gasteiger partial charge in [-0.25, -0.2) is 0 Å². The number of aliphatic carboxylic acids is 1. The highest BCUT2D eigenvalue weighted by Gasteiger charge is 2.37. The van der Waals surface area contributed by atoms with E-state index < -0.39 is 17.8 Å². The van der Waals surface area contributed by atoms with Crippen molar-refractivity contribution in [1.82, 2.24) is 4.98 Å². The molecule has 1 aromatic heterocycles. The van der Waals surface area contributed by atoms with Crippen molar-refractivity contribution in [2.75, 3.05) is 5.32 Å². The zero-order valence-corrected chi connectivity index (χ0v) is 11.5. The third kappa shape index (κ3) is 2.72. The first-order chi connectivity index (χ1) is 10.1. The van der Waals surface area contributed by atoms with E-state index in [2.05, 4.69) is 10.3 Å². The SMILES string of the molecule is O=C(O)[C@H]1CCC[C@H]1C(=O)Nc1cnc2ccccc2c1. The number of nitrogens with one attached hydrogen (secondary N) is 1. The van der Waals surface area contributed by atoms with Crippen molar-refractivity contribution in [3.05, 3.63) is 36.5 Å². The van der Waals surface area contributed by atoms with Crippen molar-refractivity contribution in [2.45, 2.75) is 19.3 Å². The van der Waals surface area contributed by atoms with Crippen molar-refractivity contribution in [3.63, 3.8) is 0 Å². The minimum absolute atomic E-state index is 0.225. The second kappa shape index (κ2) is 5.52. The molecule has 1 aliphatic carbocycles. The van der Waals surface area contributed by atoms with E-state index in [1.165, 1.54) is 0 Å². The number of rotatable bonds is 3. The van der Waals surface area contributed by atoms with Gasteiger partial charge >= 0.3 is 5.97 Å². The third-order valence-electron chi connectivity index (χ3n) is 4.03. The Labute approximate surface area is 122 Å². The van der Waals surface area contributed by atoms with E-state index >= 15 is 0 Å². The van der Waals surface area contributed by atoms with Crippen molar-refractivity contribution in [2.24, 2.45) is 11.8 Å². The molecule has 5 heteroatoms. The van der Waals surface area contributed by atoms with E-state index in [0.717, 1.165) is 17.3 Å². The van der Waals surface area contributed by atoms with Crippen LogP contribution in [0.5, 0.6) is 0 Å². The smallest absolute Gasteiger partial charge is 0.307 e. The van der Waals surface area contributed by atoms with Gasteiger partial charge in [0.1, 0.15) is 0 Å². The summed E-state index contributed by atoms with van der Waals surface area (Å²) < 4.78 is 0. The number of aromatic nitrogens is 1. The number of para-hydroxylation sites is 1. The van der Waals surface area contributed by atoms with Gasteiger partial charge in [-0.15, -0.1) is 0 Å².